The number of aromatic hydroxyl groups is 1. The van der Waals surface area contributed by atoms with Gasteiger partial charge in [0.15, 0.2) is 0 Å². The van der Waals surface area contributed by atoms with Crippen LogP contribution in [0.15, 0.2) is 66.9 Å². The smallest absolute Gasteiger partial charge is 0.115 e. The number of nitrogens with zero attached hydrogens (tertiary/aromatic N) is 2. The molecule has 3 heteroatoms. The average molecular weight is 236 g/mol. The fraction of sp³-hybridized carbons (Fsp3) is 0. The van der Waals surface area contributed by atoms with E-state index in [1.54, 1.807) is 16.8 Å². The number of hydrogen-bond acceptors (Lipinski definition) is 2. The topological polar surface area (TPSA) is 38.0 Å². The Kier molecular flexibility index (Phi) is 2.57. The van der Waals surface area contributed by atoms with Crippen molar-refractivity contribution in [2.45, 2.75) is 0 Å². The first kappa shape index (κ1) is 10.6. The van der Waals surface area contributed by atoms with Crippen LogP contribution in [0.4, 0.5) is 0 Å². The van der Waals surface area contributed by atoms with Gasteiger partial charge >= 0.3 is 0 Å². The van der Waals surface area contributed by atoms with Crippen molar-refractivity contribution in [2.75, 3.05) is 0 Å². The summed E-state index contributed by atoms with van der Waals surface area (Å²) in [4.78, 5) is 0. The van der Waals surface area contributed by atoms with Gasteiger partial charge in [0, 0.05) is 11.8 Å². The van der Waals surface area contributed by atoms with Crippen molar-refractivity contribution >= 4 is 0 Å². The third-order valence-corrected chi connectivity index (χ3v) is 2.77. The Morgan fingerprint density at radius 3 is 2.28 bits per heavy atom. The first-order chi connectivity index (χ1) is 8.83. The van der Waals surface area contributed by atoms with Gasteiger partial charge in [-0.3, -0.25) is 0 Å². The van der Waals surface area contributed by atoms with Crippen molar-refractivity contribution in [3.63, 3.8) is 0 Å². The van der Waals surface area contributed by atoms with Crippen LogP contribution >= 0.6 is 0 Å². The molecule has 0 amide bonds. The fourth-order valence-electron chi connectivity index (χ4n) is 1.84. The van der Waals surface area contributed by atoms with Gasteiger partial charge in [0.25, 0.3) is 0 Å². The van der Waals surface area contributed by atoms with E-state index in [0.29, 0.717) is 0 Å². The summed E-state index contributed by atoms with van der Waals surface area (Å²) < 4.78 is 1.79. The van der Waals surface area contributed by atoms with Crippen molar-refractivity contribution in [1.29, 1.82) is 0 Å². The molecule has 1 heterocycles. The maximum absolute atomic E-state index is 9.26. The quantitative estimate of drug-likeness (QED) is 0.741. The van der Waals surface area contributed by atoms with E-state index in [4.69, 9.17) is 0 Å². The van der Waals surface area contributed by atoms with Gasteiger partial charge in [-0.15, -0.1) is 0 Å². The van der Waals surface area contributed by atoms with E-state index in [9.17, 15) is 5.11 Å². The van der Waals surface area contributed by atoms with E-state index >= 15 is 0 Å². The van der Waals surface area contributed by atoms with Crippen LogP contribution in [0.3, 0.4) is 0 Å². The minimum atomic E-state index is 0.259. The first-order valence-corrected chi connectivity index (χ1v) is 5.73. The molecule has 0 atom stereocenters. The summed E-state index contributed by atoms with van der Waals surface area (Å²) in [5.74, 6) is 0.259. The number of phenols is 1. The SMILES string of the molecule is Oc1ccc(-n2ccc(-c3ccccc3)n2)cc1. The summed E-state index contributed by atoms with van der Waals surface area (Å²) in [6.07, 6.45) is 1.91. The highest BCUT2D eigenvalue weighted by molar-refractivity contribution is 5.58. The van der Waals surface area contributed by atoms with Gasteiger partial charge in [-0.2, -0.15) is 5.10 Å². The van der Waals surface area contributed by atoms with Gasteiger partial charge < -0.3 is 5.11 Å². The van der Waals surface area contributed by atoms with E-state index in [-0.39, 0.29) is 5.75 Å². The molecule has 0 saturated carbocycles. The lowest BCUT2D eigenvalue weighted by molar-refractivity contribution is 0.475. The molecular formula is C15H12N2O. The minimum Gasteiger partial charge on any atom is -0.508 e. The lowest BCUT2D eigenvalue weighted by Crippen LogP contribution is -1.94. The normalized spacial score (nSPS) is 10.4. The molecule has 1 aromatic heterocycles. The molecule has 88 valence electrons. The maximum atomic E-state index is 9.26. The van der Waals surface area contributed by atoms with Gasteiger partial charge in [0.05, 0.1) is 11.4 Å². The number of hydrogen-bond donors (Lipinski definition) is 1. The van der Waals surface area contributed by atoms with Crippen LogP contribution in [0.5, 0.6) is 5.75 Å². The molecule has 0 radical (unpaired) electrons. The van der Waals surface area contributed by atoms with Crippen molar-refractivity contribution in [2.24, 2.45) is 0 Å². The highest BCUT2D eigenvalue weighted by atomic mass is 16.3. The zero-order valence-corrected chi connectivity index (χ0v) is 9.69. The summed E-state index contributed by atoms with van der Waals surface area (Å²) in [7, 11) is 0. The number of rotatable bonds is 2. The molecule has 18 heavy (non-hydrogen) atoms. The molecule has 0 saturated heterocycles. The van der Waals surface area contributed by atoms with E-state index in [0.717, 1.165) is 16.9 Å². The Bertz CT molecular complexity index is 642. The molecule has 1 N–H and O–H groups in total. The van der Waals surface area contributed by atoms with Crippen LogP contribution in [-0.2, 0) is 0 Å². The summed E-state index contributed by atoms with van der Waals surface area (Å²) in [5, 5.41) is 13.8. The molecule has 0 fully saturated rings. The second-order valence-electron chi connectivity index (χ2n) is 4.03. The van der Waals surface area contributed by atoms with Crippen LogP contribution in [0.1, 0.15) is 0 Å². The molecule has 3 rings (SSSR count). The van der Waals surface area contributed by atoms with Crippen LogP contribution < -0.4 is 0 Å². The number of aromatic nitrogens is 2. The summed E-state index contributed by atoms with van der Waals surface area (Å²) in [6, 6.07) is 19.0. The van der Waals surface area contributed by atoms with Crippen LogP contribution in [0.25, 0.3) is 16.9 Å². The predicted octanol–water partition coefficient (Wildman–Crippen LogP) is 3.24. The maximum Gasteiger partial charge on any atom is 0.115 e. The molecule has 0 bridgehead atoms. The largest absolute Gasteiger partial charge is 0.508 e. The van der Waals surface area contributed by atoms with Gasteiger partial charge in [0.2, 0.25) is 0 Å². The molecule has 0 aliphatic carbocycles. The van der Waals surface area contributed by atoms with Crippen molar-refractivity contribution in [1.82, 2.24) is 9.78 Å². The highest BCUT2D eigenvalue weighted by Crippen LogP contribution is 2.19. The zero-order valence-electron chi connectivity index (χ0n) is 9.69. The predicted molar refractivity (Wildman–Crippen MR) is 70.7 cm³/mol. The van der Waals surface area contributed by atoms with E-state index in [2.05, 4.69) is 5.10 Å². The molecular weight excluding hydrogens is 224 g/mol. The lowest BCUT2D eigenvalue weighted by Gasteiger charge is -2.01. The number of phenolic OH excluding ortho intramolecular Hbond substituents is 1. The van der Waals surface area contributed by atoms with Crippen LogP contribution in [-0.4, -0.2) is 14.9 Å². The van der Waals surface area contributed by atoms with Crippen molar-refractivity contribution < 1.29 is 5.11 Å². The molecule has 0 aliphatic rings. The second kappa shape index (κ2) is 4.37. The van der Waals surface area contributed by atoms with Crippen molar-refractivity contribution in [3.05, 3.63) is 66.9 Å². The fourth-order valence-corrected chi connectivity index (χ4v) is 1.84. The van der Waals surface area contributed by atoms with Gasteiger partial charge in [-0.25, -0.2) is 4.68 Å². The number of benzene rings is 2. The third kappa shape index (κ3) is 1.98. The second-order valence-corrected chi connectivity index (χ2v) is 4.03. The van der Waals surface area contributed by atoms with Crippen LogP contribution in [0, 0.1) is 0 Å². The Balaban J connectivity index is 1.97. The summed E-state index contributed by atoms with van der Waals surface area (Å²) >= 11 is 0. The van der Waals surface area contributed by atoms with E-state index < -0.39 is 0 Å². The Hall–Kier alpha value is -2.55. The minimum absolute atomic E-state index is 0.259. The molecule has 0 spiro atoms. The summed E-state index contributed by atoms with van der Waals surface area (Å²) in [6.45, 7) is 0. The van der Waals surface area contributed by atoms with E-state index in [1.165, 1.54) is 0 Å². The monoisotopic (exact) mass is 236 g/mol. The highest BCUT2D eigenvalue weighted by Gasteiger charge is 2.03. The first-order valence-electron chi connectivity index (χ1n) is 5.73. The Labute approximate surface area is 105 Å². The molecule has 3 aromatic rings. The third-order valence-electron chi connectivity index (χ3n) is 2.77. The van der Waals surface area contributed by atoms with Gasteiger partial charge in [0.1, 0.15) is 5.75 Å². The molecule has 2 aromatic carbocycles. The summed E-state index contributed by atoms with van der Waals surface area (Å²) in [5.41, 5.74) is 2.95. The van der Waals surface area contributed by atoms with Gasteiger partial charge in [-0.1, -0.05) is 30.3 Å². The molecule has 0 aliphatic heterocycles. The average Bonchev–Trinajstić information content (AvgIpc) is 2.90. The Morgan fingerprint density at radius 1 is 0.833 bits per heavy atom. The molecule has 3 nitrogen and oxygen atoms in total. The van der Waals surface area contributed by atoms with Crippen molar-refractivity contribution in [3.8, 4) is 22.7 Å². The van der Waals surface area contributed by atoms with Crippen LogP contribution in [0.2, 0.25) is 0 Å². The molecule has 0 unspecified atom stereocenters. The lowest BCUT2D eigenvalue weighted by atomic mass is 10.2. The zero-order chi connectivity index (χ0) is 12.4. The standard InChI is InChI=1S/C15H12N2O/c18-14-8-6-13(7-9-14)17-11-10-15(16-17)12-4-2-1-3-5-12/h1-11,18H. The van der Waals surface area contributed by atoms with E-state index in [1.807, 2.05) is 54.7 Å². The van der Waals surface area contributed by atoms with Gasteiger partial charge in [-0.05, 0) is 30.3 Å². The Morgan fingerprint density at radius 2 is 1.56 bits per heavy atom.